The predicted octanol–water partition coefficient (Wildman–Crippen LogP) is 2.03. The third kappa shape index (κ3) is 2.73. The van der Waals surface area contributed by atoms with E-state index in [1.54, 1.807) is 12.4 Å². The highest BCUT2D eigenvalue weighted by Crippen LogP contribution is 2.37. The lowest BCUT2D eigenvalue weighted by atomic mass is 10.1. The van der Waals surface area contributed by atoms with Gasteiger partial charge in [0.1, 0.15) is 11.6 Å². The molecule has 6 heteroatoms. The molecule has 0 bridgehead atoms. The third-order valence-electron chi connectivity index (χ3n) is 4.73. The van der Waals surface area contributed by atoms with Gasteiger partial charge >= 0.3 is 0 Å². The standard InChI is InChI=1S/C17H21N5O/c1-11-9-21(2)16(20-11)13-5-6-22(10-13)17(23)14-7-18-15(19-8-14)12-3-4-12/h7-9,12-13H,3-6,10H2,1-2H3/t13-/m1/s1. The Kier molecular flexibility index (Phi) is 3.39. The molecule has 6 nitrogen and oxygen atoms in total. The first-order valence-corrected chi connectivity index (χ1v) is 8.23. The predicted molar refractivity (Wildman–Crippen MR) is 85.2 cm³/mol. The van der Waals surface area contributed by atoms with Crippen molar-refractivity contribution in [2.75, 3.05) is 13.1 Å². The number of aromatic nitrogens is 4. The monoisotopic (exact) mass is 311 g/mol. The quantitative estimate of drug-likeness (QED) is 0.870. The zero-order chi connectivity index (χ0) is 16.0. The fraction of sp³-hybridized carbons (Fsp3) is 0.529. The van der Waals surface area contributed by atoms with Crippen LogP contribution >= 0.6 is 0 Å². The lowest BCUT2D eigenvalue weighted by molar-refractivity contribution is 0.0789. The van der Waals surface area contributed by atoms with Crippen LogP contribution in [0.15, 0.2) is 18.6 Å². The highest BCUT2D eigenvalue weighted by atomic mass is 16.2. The zero-order valence-electron chi connectivity index (χ0n) is 13.6. The van der Waals surface area contributed by atoms with Gasteiger partial charge in [-0.15, -0.1) is 0 Å². The number of hydrogen-bond donors (Lipinski definition) is 0. The Bertz CT molecular complexity index is 732. The van der Waals surface area contributed by atoms with Crippen molar-refractivity contribution in [2.45, 2.75) is 38.0 Å². The summed E-state index contributed by atoms with van der Waals surface area (Å²) in [7, 11) is 2.02. The SMILES string of the molecule is Cc1cn(C)c([C@@H]2CCN(C(=O)c3cnc(C4CC4)nc3)C2)n1. The number of amides is 1. The molecule has 2 aliphatic rings. The molecule has 0 aromatic carbocycles. The second-order valence-corrected chi connectivity index (χ2v) is 6.69. The molecule has 3 heterocycles. The van der Waals surface area contributed by atoms with Gasteiger partial charge in [-0.25, -0.2) is 15.0 Å². The molecule has 1 aliphatic carbocycles. The van der Waals surface area contributed by atoms with Crippen LogP contribution in [0.3, 0.4) is 0 Å². The van der Waals surface area contributed by atoms with Crippen molar-refractivity contribution in [1.29, 1.82) is 0 Å². The largest absolute Gasteiger partial charge is 0.338 e. The lowest BCUT2D eigenvalue weighted by Crippen LogP contribution is -2.29. The molecule has 1 atom stereocenters. The first-order valence-electron chi connectivity index (χ1n) is 8.23. The topological polar surface area (TPSA) is 63.9 Å². The maximum atomic E-state index is 12.6. The van der Waals surface area contributed by atoms with Gasteiger partial charge in [0.25, 0.3) is 5.91 Å². The molecule has 0 radical (unpaired) electrons. The molecule has 1 aliphatic heterocycles. The van der Waals surface area contributed by atoms with Crippen molar-refractivity contribution in [3.8, 4) is 0 Å². The van der Waals surface area contributed by atoms with E-state index in [1.165, 1.54) is 12.8 Å². The summed E-state index contributed by atoms with van der Waals surface area (Å²) < 4.78 is 2.07. The summed E-state index contributed by atoms with van der Waals surface area (Å²) in [5.41, 5.74) is 1.61. The van der Waals surface area contributed by atoms with Crippen LogP contribution in [0, 0.1) is 6.92 Å². The number of aryl methyl sites for hydroxylation is 2. The average Bonchev–Trinajstić information content (AvgIpc) is 3.19. The van der Waals surface area contributed by atoms with E-state index in [1.807, 2.05) is 25.1 Å². The van der Waals surface area contributed by atoms with Crippen LogP contribution in [0.1, 0.15) is 58.8 Å². The molecule has 1 saturated carbocycles. The third-order valence-corrected chi connectivity index (χ3v) is 4.73. The summed E-state index contributed by atoms with van der Waals surface area (Å²) in [5, 5.41) is 0. The molecule has 2 fully saturated rings. The van der Waals surface area contributed by atoms with Crippen LogP contribution in [-0.2, 0) is 7.05 Å². The summed E-state index contributed by atoms with van der Waals surface area (Å²) in [4.78, 5) is 27.8. The first kappa shape index (κ1) is 14.4. The second kappa shape index (κ2) is 5.44. The van der Waals surface area contributed by atoms with E-state index in [0.717, 1.165) is 30.3 Å². The molecule has 4 rings (SSSR count). The number of likely N-dealkylation sites (tertiary alicyclic amines) is 1. The number of imidazole rings is 1. The van der Waals surface area contributed by atoms with Crippen molar-refractivity contribution in [3.63, 3.8) is 0 Å². The van der Waals surface area contributed by atoms with Gasteiger partial charge in [0.15, 0.2) is 0 Å². The Morgan fingerprint density at radius 1 is 1.17 bits per heavy atom. The van der Waals surface area contributed by atoms with Crippen molar-refractivity contribution in [1.82, 2.24) is 24.4 Å². The number of carbonyl (C=O) groups excluding carboxylic acids is 1. The van der Waals surface area contributed by atoms with Crippen molar-refractivity contribution in [2.24, 2.45) is 7.05 Å². The normalized spacial score (nSPS) is 21.0. The van der Waals surface area contributed by atoms with Crippen LogP contribution < -0.4 is 0 Å². The molecule has 2 aromatic heterocycles. The fourth-order valence-electron chi connectivity index (χ4n) is 3.35. The minimum absolute atomic E-state index is 0.0285. The minimum atomic E-state index is 0.0285. The van der Waals surface area contributed by atoms with Gasteiger partial charge in [-0.1, -0.05) is 0 Å². The summed E-state index contributed by atoms with van der Waals surface area (Å²) >= 11 is 0. The molecule has 0 N–H and O–H groups in total. The summed E-state index contributed by atoms with van der Waals surface area (Å²) in [5.74, 6) is 2.80. The smallest absolute Gasteiger partial charge is 0.257 e. The van der Waals surface area contributed by atoms with Gasteiger partial charge in [-0.3, -0.25) is 4.79 Å². The maximum absolute atomic E-state index is 12.6. The van der Waals surface area contributed by atoms with Crippen LogP contribution in [0.2, 0.25) is 0 Å². The lowest BCUT2D eigenvalue weighted by Gasteiger charge is -2.16. The summed E-state index contributed by atoms with van der Waals surface area (Å²) in [6, 6.07) is 0. The van der Waals surface area contributed by atoms with E-state index in [4.69, 9.17) is 0 Å². The second-order valence-electron chi connectivity index (χ2n) is 6.69. The van der Waals surface area contributed by atoms with Gasteiger partial charge in [0.2, 0.25) is 0 Å². The fourth-order valence-corrected chi connectivity index (χ4v) is 3.35. The van der Waals surface area contributed by atoms with E-state index in [9.17, 15) is 4.79 Å². The molecular weight excluding hydrogens is 290 g/mol. The number of rotatable bonds is 3. The Labute approximate surface area is 135 Å². The van der Waals surface area contributed by atoms with Crippen LogP contribution in [0.5, 0.6) is 0 Å². The van der Waals surface area contributed by atoms with Crippen LogP contribution in [-0.4, -0.2) is 43.4 Å². The minimum Gasteiger partial charge on any atom is -0.338 e. The van der Waals surface area contributed by atoms with Gasteiger partial charge < -0.3 is 9.47 Å². The Morgan fingerprint density at radius 3 is 2.52 bits per heavy atom. The Balaban J connectivity index is 1.46. The van der Waals surface area contributed by atoms with E-state index in [-0.39, 0.29) is 5.91 Å². The van der Waals surface area contributed by atoms with Gasteiger partial charge in [-0.05, 0) is 26.2 Å². The maximum Gasteiger partial charge on any atom is 0.257 e. The van der Waals surface area contributed by atoms with Gasteiger partial charge in [0, 0.05) is 50.6 Å². The van der Waals surface area contributed by atoms with Crippen molar-refractivity contribution < 1.29 is 4.79 Å². The molecule has 120 valence electrons. The Morgan fingerprint density at radius 2 is 1.91 bits per heavy atom. The van der Waals surface area contributed by atoms with Crippen molar-refractivity contribution in [3.05, 3.63) is 41.5 Å². The Hall–Kier alpha value is -2.24. The van der Waals surface area contributed by atoms with E-state index in [0.29, 0.717) is 23.9 Å². The van der Waals surface area contributed by atoms with E-state index >= 15 is 0 Å². The first-order chi connectivity index (χ1) is 11.1. The molecule has 2 aromatic rings. The number of nitrogens with zero attached hydrogens (tertiary/aromatic N) is 5. The molecule has 1 saturated heterocycles. The number of hydrogen-bond acceptors (Lipinski definition) is 4. The molecule has 23 heavy (non-hydrogen) atoms. The molecular formula is C17H21N5O. The molecule has 0 spiro atoms. The molecule has 0 unspecified atom stereocenters. The highest BCUT2D eigenvalue weighted by molar-refractivity contribution is 5.93. The van der Waals surface area contributed by atoms with E-state index < -0.39 is 0 Å². The summed E-state index contributed by atoms with van der Waals surface area (Å²) in [6.45, 7) is 3.48. The van der Waals surface area contributed by atoms with Gasteiger partial charge in [-0.2, -0.15) is 0 Å². The zero-order valence-corrected chi connectivity index (χ0v) is 13.6. The van der Waals surface area contributed by atoms with Crippen molar-refractivity contribution >= 4 is 5.91 Å². The van der Waals surface area contributed by atoms with Crippen LogP contribution in [0.4, 0.5) is 0 Å². The molecule has 1 amide bonds. The summed E-state index contributed by atoms with van der Waals surface area (Å²) in [6.07, 6.45) is 8.69. The highest BCUT2D eigenvalue weighted by Gasteiger charge is 2.31. The van der Waals surface area contributed by atoms with Crippen LogP contribution in [0.25, 0.3) is 0 Å². The van der Waals surface area contributed by atoms with Gasteiger partial charge in [0.05, 0.1) is 11.3 Å². The average molecular weight is 311 g/mol. The number of carbonyl (C=O) groups is 1. The van der Waals surface area contributed by atoms with E-state index in [2.05, 4.69) is 19.5 Å².